The zero-order chi connectivity index (χ0) is 14.8. The van der Waals surface area contributed by atoms with E-state index in [4.69, 9.17) is 15.2 Å². The molecular formula is C13H18F2N4O2. The normalized spacial score (nSPS) is 19.9. The summed E-state index contributed by atoms with van der Waals surface area (Å²) in [6.07, 6.45) is 0. The first kappa shape index (κ1) is 14.3. The highest BCUT2D eigenvalue weighted by molar-refractivity contribution is 5.63. The lowest BCUT2D eigenvalue weighted by Gasteiger charge is -2.32. The molecule has 1 aromatic rings. The number of rotatable bonds is 2. The Bertz CT molecular complexity index is 475. The minimum Gasteiger partial charge on any atom is -0.394 e. The quantitative estimate of drug-likeness (QED) is 0.863. The monoisotopic (exact) mass is 300 g/mol. The molecule has 2 aliphatic rings. The molecule has 6 nitrogen and oxygen atoms in total. The van der Waals surface area contributed by atoms with Crippen molar-refractivity contribution >= 4 is 17.3 Å². The van der Waals surface area contributed by atoms with E-state index in [0.717, 1.165) is 0 Å². The number of anilines is 3. The van der Waals surface area contributed by atoms with Crippen molar-refractivity contribution in [3.05, 3.63) is 11.6 Å². The molecule has 1 aromatic heterocycles. The molecule has 0 atom stereocenters. The van der Waals surface area contributed by atoms with E-state index in [1.165, 1.54) is 0 Å². The Kier molecular flexibility index (Phi) is 4.07. The smallest absolute Gasteiger partial charge is 0.191 e. The Morgan fingerprint density at radius 2 is 1.19 bits per heavy atom. The molecule has 3 heterocycles. The van der Waals surface area contributed by atoms with Crippen molar-refractivity contribution in [2.45, 2.75) is 0 Å². The van der Waals surface area contributed by atoms with Crippen LogP contribution in [-0.4, -0.2) is 57.6 Å². The molecule has 0 radical (unpaired) electrons. The largest absolute Gasteiger partial charge is 0.394 e. The van der Waals surface area contributed by atoms with Crippen molar-refractivity contribution in [1.82, 2.24) is 4.98 Å². The van der Waals surface area contributed by atoms with Gasteiger partial charge in [-0.1, -0.05) is 0 Å². The lowest BCUT2D eigenvalue weighted by molar-refractivity contribution is 0.121. The van der Waals surface area contributed by atoms with E-state index in [0.29, 0.717) is 52.6 Å². The van der Waals surface area contributed by atoms with E-state index in [1.54, 1.807) is 9.80 Å². The molecular weight excluding hydrogens is 282 g/mol. The SMILES string of the molecule is Nc1c(F)c(N2CCOCC2)nc(N2CCOCC2)c1F. The molecule has 2 saturated heterocycles. The minimum absolute atomic E-state index is 0.0960. The lowest BCUT2D eigenvalue weighted by Crippen LogP contribution is -2.40. The summed E-state index contributed by atoms with van der Waals surface area (Å²) in [5.74, 6) is -1.41. The van der Waals surface area contributed by atoms with E-state index < -0.39 is 17.3 Å². The zero-order valence-electron chi connectivity index (χ0n) is 11.6. The topological polar surface area (TPSA) is 63.8 Å². The molecule has 0 unspecified atom stereocenters. The molecule has 0 spiro atoms. The fourth-order valence-corrected chi connectivity index (χ4v) is 2.51. The van der Waals surface area contributed by atoms with Crippen molar-refractivity contribution < 1.29 is 18.3 Å². The average Bonchev–Trinajstić information content (AvgIpc) is 2.55. The number of nitrogens with two attached hydrogens (primary N) is 1. The third-order valence-corrected chi connectivity index (χ3v) is 3.70. The Morgan fingerprint density at radius 1 is 0.810 bits per heavy atom. The van der Waals surface area contributed by atoms with Crippen LogP contribution in [0.3, 0.4) is 0 Å². The number of morpholine rings is 2. The number of hydrogen-bond acceptors (Lipinski definition) is 6. The Morgan fingerprint density at radius 3 is 1.57 bits per heavy atom. The lowest BCUT2D eigenvalue weighted by atomic mass is 10.2. The fraction of sp³-hybridized carbons (Fsp3) is 0.615. The van der Waals surface area contributed by atoms with Gasteiger partial charge < -0.3 is 25.0 Å². The van der Waals surface area contributed by atoms with Crippen molar-refractivity contribution in [2.24, 2.45) is 0 Å². The van der Waals surface area contributed by atoms with Gasteiger partial charge in [0.2, 0.25) is 0 Å². The Balaban J connectivity index is 1.97. The van der Waals surface area contributed by atoms with E-state index in [1.807, 2.05) is 0 Å². The van der Waals surface area contributed by atoms with Crippen LogP contribution in [0.15, 0.2) is 0 Å². The number of hydrogen-bond donors (Lipinski definition) is 1. The van der Waals surface area contributed by atoms with Crippen LogP contribution in [0.5, 0.6) is 0 Å². The Hall–Kier alpha value is -1.67. The number of aromatic nitrogens is 1. The van der Waals surface area contributed by atoms with Crippen molar-refractivity contribution in [3.8, 4) is 0 Å². The summed E-state index contributed by atoms with van der Waals surface area (Å²) in [6.45, 7) is 4.01. The van der Waals surface area contributed by atoms with Gasteiger partial charge >= 0.3 is 0 Å². The molecule has 2 aliphatic heterocycles. The van der Waals surface area contributed by atoms with Gasteiger partial charge in [0.25, 0.3) is 0 Å². The minimum atomic E-state index is -0.800. The predicted octanol–water partition coefficient (Wildman–Crippen LogP) is 0.615. The molecule has 0 aliphatic carbocycles. The van der Waals surface area contributed by atoms with Crippen molar-refractivity contribution in [1.29, 1.82) is 0 Å². The molecule has 0 aromatic carbocycles. The summed E-state index contributed by atoms with van der Waals surface area (Å²) in [5.41, 5.74) is 5.11. The summed E-state index contributed by atoms with van der Waals surface area (Å²) in [6, 6.07) is 0. The van der Waals surface area contributed by atoms with Crippen LogP contribution in [0.25, 0.3) is 0 Å². The maximum Gasteiger partial charge on any atom is 0.191 e. The Labute approximate surface area is 121 Å². The first-order chi connectivity index (χ1) is 10.2. The van der Waals surface area contributed by atoms with Crippen molar-refractivity contribution in [2.75, 3.05) is 68.1 Å². The summed E-state index contributed by atoms with van der Waals surface area (Å²) in [5, 5.41) is 0. The van der Waals surface area contributed by atoms with E-state index in [2.05, 4.69) is 4.98 Å². The number of nitrogen functional groups attached to an aromatic ring is 1. The molecule has 21 heavy (non-hydrogen) atoms. The molecule has 0 saturated carbocycles. The molecule has 3 rings (SSSR count). The van der Waals surface area contributed by atoms with Crippen LogP contribution in [0.2, 0.25) is 0 Å². The molecule has 0 amide bonds. The second-order valence-corrected chi connectivity index (χ2v) is 5.00. The summed E-state index contributed by atoms with van der Waals surface area (Å²) < 4.78 is 39.0. The van der Waals surface area contributed by atoms with Gasteiger partial charge in [-0.15, -0.1) is 0 Å². The highest BCUT2D eigenvalue weighted by Crippen LogP contribution is 2.31. The third kappa shape index (κ3) is 2.73. The van der Waals surface area contributed by atoms with E-state index >= 15 is 0 Å². The van der Waals surface area contributed by atoms with Crippen molar-refractivity contribution in [3.63, 3.8) is 0 Å². The first-order valence-electron chi connectivity index (χ1n) is 6.98. The zero-order valence-corrected chi connectivity index (χ0v) is 11.6. The molecule has 8 heteroatoms. The average molecular weight is 300 g/mol. The molecule has 0 bridgehead atoms. The van der Waals surface area contributed by atoms with Gasteiger partial charge in [-0.3, -0.25) is 0 Å². The maximum absolute atomic E-state index is 14.2. The predicted molar refractivity (Wildman–Crippen MR) is 74.6 cm³/mol. The van der Waals surface area contributed by atoms with Crippen LogP contribution in [-0.2, 0) is 9.47 Å². The van der Waals surface area contributed by atoms with Crippen LogP contribution in [0.4, 0.5) is 26.1 Å². The van der Waals surface area contributed by atoms with Gasteiger partial charge in [0.1, 0.15) is 5.69 Å². The summed E-state index contributed by atoms with van der Waals surface area (Å²) in [4.78, 5) is 7.66. The van der Waals surface area contributed by atoms with E-state index in [9.17, 15) is 8.78 Å². The second-order valence-electron chi connectivity index (χ2n) is 5.00. The third-order valence-electron chi connectivity index (χ3n) is 3.70. The van der Waals surface area contributed by atoms with Gasteiger partial charge in [-0.2, -0.15) is 0 Å². The number of halogens is 2. The van der Waals surface area contributed by atoms with Gasteiger partial charge in [-0.25, -0.2) is 13.8 Å². The number of pyridine rings is 1. The van der Waals surface area contributed by atoms with Gasteiger partial charge in [-0.05, 0) is 0 Å². The molecule has 2 N–H and O–H groups in total. The maximum atomic E-state index is 14.2. The van der Waals surface area contributed by atoms with Crippen LogP contribution in [0.1, 0.15) is 0 Å². The second kappa shape index (κ2) is 5.98. The molecule has 116 valence electrons. The van der Waals surface area contributed by atoms with Gasteiger partial charge in [0.15, 0.2) is 23.3 Å². The highest BCUT2D eigenvalue weighted by atomic mass is 19.1. The fourth-order valence-electron chi connectivity index (χ4n) is 2.51. The van der Waals surface area contributed by atoms with E-state index in [-0.39, 0.29) is 11.6 Å². The summed E-state index contributed by atoms with van der Waals surface area (Å²) >= 11 is 0. The first-order valence-corrected chi connectivity index (χ1v) is 6.98. The van der Waals surface area contributed by atoms with Crippen LogP contribution < -0.4 is 15.5 Å². The molecule has 2 fully saturated rings. The van der Waals surface area contributed by atoms with Crippen LogP contribution >= 0.6 is 0 Å². The summed E-state index contributed by atoms with van der Waals surface area (Å²) in [7, 11) is 0. The van der Waals surface area contributed by atoms with Gasteiger partial charge in [0.05, 0.1) is 26.4 Å². The van der Waals surface area contributed by atoms with Gasteiger partial charge in [0, 0.05) is 26.2 Å². The number of nitrogens with zero attached hydrogens (tertiary/aromatic N) is 3. The highest BCUT2D eigenvalue weighted by Gasteiger charge is 2.26. The standard InChI is InChI=1S/C13H18F2N4O2/c14-9-11(16)10(15)13(19-3-7-21-8-4-19)17-12(9)18-1-5-20-6-2-18/h1-8H2,(H2,16,17). The van der Waals surface area contributed by atoms with Crippen LogP contribution in [0, 0.1) is 11.6 Å². The number of ether oxygens (including phenoxy) is 2.